The average molecular weight is 291 g/mol. The van der Waals surface area contributed by atoms with Gasteiger partial charge in [-0.15, -0.1) is 0 Å². The molecule has 0 saturated carbocycles. The summed E-state index contributed by atoms with van der Waals surface area (Å²) in [6.07, 6.45) is 4.82. The van der Waals surface area contributed by atoms with Gasteiger partial charge in [-0.2, -0.15) is 5.10 Å². The highest BCUT2D eigenvalue weighted by atomic mass is 32.1. The number of pyridine rings is 1. The third-order valence-electron chi connectivity index (χ3n) is 3.75. The topological polar surface area (TPSA) is 68.6 Å². The van der Waals surface area contributed by atoms with E-state index in [1.807, 2.05) is 28.8 Å². The summed E-state index contributed by atoms with van der Waals surface area (Å²) in [6, 6.07) is 5.54. The van der Waals surface area contributed by atoms with Crippen LogP contribution in [0.4, 0.5) is 0 Å². The van der Waals surface area contributed by atoms with E-state index in [1.54, 1.807) is 4.68 Å². The van der Waals surface area contributed by atoms with Crippen LogP contribution in [0.25, 0.3) is 5.65 Å². The molecule has 0 aromatic carbocycles. The van der Waals surface area contributed by atoms with Crippen LogP contribution >= 0.6 is 12.2 Å². The molecule has 20 heavy (non-hydrogen) atoms. The van der Waals surface area contributed by atoms with E-state index in [-0.39, 0.29) is 11.9 Å². The SMILES string of the molecule is NC(=O)[C@@H]1CCCCN1Cn1nc2ccccn2c1=S. The van der Waals surface area contributed by atoms with E-state index in [1.165, 1.54) is 0 Å². The van der Waals surface area contributed by atoms with E-state index in [2.05, 4.69) is 10.00 Å². The molecule has 2 aromatic rings. The summed E-state index contributed by atoms with van der Waals surface area (Å²) in [5.41, 5.74) is 6.29. The lowest BCUT2D eigenvalue weighted by Crippen LogP contribution is -2.48. The van der Waals surface area contributed by atoms with Gasteiger partial charge in [-0.05, 0) is 37.2 Å². The minimum Gasteiger partial charge on any atom is -0.368 e. The van der Waals surface area contributed by atoms with Crippen molar-refractivity contribution in [2.75, 3.05) is 6.54 Å². The smallest absolute Gasteiger partial charge is 0.234 e. The Labute approximate surface area is 121 Å². The molecule has 7 heteroatoms. The Balaban J connectivity index is 1.90. The molecule has 1 atom stereocenters. The largest absolute Gasteiger partial charge is 0.368 e. The Kier molecular flexibility index (Phi) is 3.54. The Hall–Kier alpha value is -1.73. The number of primary amides is 1. The van der Waals surface area contributed by atoms with Crippen LogP contribution in [0.5, 0.6) is 0 Å². The highest BCUT2D eigenvalue weighted by Gasteiger charge is 2.27. The Morgan fingerprint density at radius 1 is 1.45 bits per heavy atom. The second-order valence-corrected chi connectivity index (χ2v) is 5.44. The lowest BCUT2D eigenvalue weighted by atomic mass is 10.0. The van der Waals surface area contributed by atoms with Gasteiger partial charge in [-0.1, -0.05) is 12.5 Å². The van der Waals surface area contributed by atoms with Crippen molar-refractivity contribution in [3.8, 4) is 0 Å². The summed E-state index contributed by atoms with van der Waals surface area (Å²) in [6.45, 7) is 1.36. The second-order valence-electron chi connectivity index (χ2n) is 5.08. The number of carbonyl (C=O) groups is 1. The van der Waals surface area contributed by atoms with Crippen molar-refractivity contribution >= 4 is 23.8 Å². The van der Waals surface area contributed by atoms with Crippen LogP contribution in [-0.2, 0) is 11.5 Å². The fourth-order valence-electron chi connectivity index (χ4n) is 2.71. The van der Waals surface area contributed by atoms with Crippen molar-refractivity contribution in [1.82, 2.24) is 19.1 Å². The minimum atomic E-state index is -0.264. The zero-order chi connectivity index (χ0) is 14.1. The molecule has 0 radical (unpaired) electrons. The molecular weight excluding hydrogens is 274 g/mol. The molecule has 3 rings (SSSR count). The van der Waals surface area contributed by atoms with Crippen molar-refractivity contribution in [3.05, 3.63) is 29.2 Å². The summed E-state index contributed by atoms with van der Waals surface area (Å²) in [5, 5.41) is 4.48. The van der Waals surface area contributed by atoms with Crippen LogP contribution in [0.15, 0.2) is 24.4 Å². The van der Waals surface area contributed by atoms with Crippen molar-refractivity contribution in [1.29, 1.82) is 0 Å². The van der Waals surface area contributed by atoms with Crippen molar-refractivity contribution < 1.29 is 4.79 Å². The second kappa shape index (κ2) is 5.34. The molecule has 0 unspecified atom stereocenters. The van der Waals surface area contributed by atoms with Gasteiger partial charge in [0.2, 0.25) is 10.7 Å². The van der Waals surface area contributed by atoms with Crippen LogP contribution in [0.1, 0.15) is 19.3 Å². The number of carbonyl (C=O) groups excluding carboxylic acids is 1. The molecule has 0 bridgehead atoms. The summed E-state index contributed by atoms with van der Waals surface area (Å²) in [7, 11) is 0. The summed E-state index contributed by atoms with van der Waals surface area (Å²) >= 11 is 5.42. The number of hydrogen-bond acceptors (Lipinski definition) is 4. The number of piperidine rings is 1. The molecule has 1 fully saturated rings. The maximum Gasteiger partial charge on any atom is 0.234 e. The molecular formula is C13H17N5OS. The summed E-state index contributed by atoms with van der Waals surface area (Å²) in [5.74, 6) is -0.264. The zero-order valence-corrected chi connectivity index (χ0v) is 11.9. The lowest BCUT2D eigenvalue weighted by Gasteiger charge is -2.33. The van der Waals surface area contributed by atoms with E-state index in [0.717, 1.165) is 31.5 Å². The third kappa shape index (κ3) is 2.34. The Morgan fingerprint density at radius 3 is 3.05 bits per heavy atom. The molecule has 1 amide bonds. The van der Waals surface area contributed by atoms with Crippen molar-refractivity contribution in [2.24, 2.45) is 5.73 Å². The molecule has 1 saturated heterocycles. The molecule has 2 N–H and O–H groups in total. The van der Waals surface area contributed by atoms with Gasteiger partial charge in [0.05, 0.1) is 12.7 Å². The first-order chi connectivity index (χ1) is 9.66. The average Bonchev–Trinajstić information content (AvgIpc) is 2.76. The van der Waals surface area contributed by atoms with Gasteiger partial charge >= 0.3 is 0 Å². The Morgan fingerprint density at radius 2 is 2.30 bits per heavy atom. The van der Waals surface area contributed by atoms with Gasteiger partial charge in [0.25, 0.3) is 0 Å². The number of hydrogen-bond donors (Lipinski definition) is 1. The van der Waals surface area contributed by atoms with Gasteiger partial charge in [0.15, 0.2) is 5.65 Å². The first-order valence-corrected chi connectivity index (χ1v) is 7.15. The van der Waals surface area contributed by atoms with Gasteiger partial charge in [-0.25, -0.2) is 4.68 Å². The molecule has 1 aliphatic heterocycles. The van der Waals surface area contributed by atoms with E-state index < -0.39 is 0 Å². The molecule has 2 aromatic heterocycles. The number of rotatable bonds is 3. The quantitative estimate of drug-likeness (QED) is 0.862. The molecule has 3 heterocycles. The molecule has 1 aliphatic rings. The maximum atomic E-state index is 11.5. The van der Waals surface area contributed by atoms with Crippen LogP contribution in [0, 0.1) is 4.77 Å². The lowest BCUT2D eigenvalue weighted by molar-refractivity contribution is -0.125. The van der Waals surface area contributed by atoms with Crippen LogP contribution in [0.3, 0.4) is 0 Å². The molecule has 0 spiro atoms. The third-order valence-corrected chi connectivity index (χ3v) is 4.15. The minimum absolute atomic E-state index is 0.213. The van der Waals surface area contributed by atoms with Gasteiger partial charge < -0.3 is 5.73 Å². The maximum absolute atomic E-state index is 11.5. The van der Waals surface area contributed by atoms with Gasteiger partial charge in [0, 0.05) is 12.7 Å². The predicted molar refractivity (Wildman–Crippen MR) is 77.6 cm³/mol. The number of nitrogens with two attached hydrogens (primary N) is 1. The normalized spacial score (nSPS) is 20.3. The highest BCUT2D eigenvalue weighted by Crippen LogP contribution is 2.17. The number of amides is 1. The van der Waals surface area contributed by atoms with E-state index in [9.17, 15) is 4.79 Å². The predicted octanol–water partition coefficient (Wildman–Crippen LogP) is 1.16. The van der Waals surface area contributed by atoms with Crippen molar-refractivity contribution in [3.63, 3.8) is 0 Å². The molecule has 6 nitrogen and oxygen atoms in total. The monoisotopic (exact) mass is 291 g/mol. The summed E-state index contributed by atoms with van der Waals surface area (Å²) in [4.78, 5) is 13.6. The van der Waals surface area contributed by atoms with E-state index in [0.29, 0.717) is 11.4 Å². The Bertz CT molecular complexity index is 691. The van der Waals surface area contributed by atoms with Crippen LogP contribution in [0.2, 0.25) is 0 Å². The summed E-state index contributed by atoms with van der Waals surface area (Å²) < 4.78 is 4.25. The molecule has 106 valence electrons. The van der Waals surface area contributed by atoms with Crippen LogP contribution in [-0.4, -0.2) is 37.6 Å². The first-order valence-electron chi connectivity index (χ1n) is 6.74. The fourth-order valence-corrected chi connectivity index (χ4v) is 2.97. The van der Waals surface area contributed by atoms with Crippen LogP contribution < -0.4 is 5.73 Å². The molecule has 0 aliphatic carbocycles. The van der Waals surface area contributed by atoms with Gasteiger partial charge in [0.1, 0.15) is 0 Å². The highest BCUT2D eigenvalue weighted by molar-refractivity contribution is 7.71. The number of nitrogens with zero attached hydrogens (tertiary/aromatic N) is 4. The number of likely N-dealkylation sites (tertiary alicyclic amines) is 1. The first kappa shape index (κ1) is 13.3. The number of aromatic nitrogens is 3. The van der Waals surface area contributed by atoms with E-state index in [4.69, 9.17) is 18.0 Å². The fraction of sp³-hybridized carbons (Fsp3) is 0.462. The number of fused-ring (bicyclic) bond motifs is 1. The van der Waals surface area contributed by atoms with Gasteiger partial charge in [-0.3, -0.25) is 14.1 Å². The standard InChI is InChI=1S/C13H17N5OS/c14-12(19)10-5-1-3-7-16(10)9-18-13(20)17-8-4-2-6-11(17)15-18/h2,4,6,8,10H,1,3,5,7,9H2,(H2,14,19)/t10-/m0/s1. The van der Waals surface area contributed by atoms with Crippen molar-refractivity contribution in [2.45, 2.75) is 32.0 Å². The van der Waals surface area contributed by atoms with E-state index >= 15 is 0 Å². The zero-order valence-electron chi connectivity index (χ0n) is 11.1.